The Morgan fingerprint density at radius 1 is 1.26 bits per heavy atom. The summed E-state index contributed by atoms with van der Waals surface area (Å²) < 4.78 is 0. The molecular formula is C15H14ClNO2. The summed E-state index contributed by atoms with van der Waals surface area (Å²) in [7, 11) is 0. The monoisotopic (exact) mass is 275 g/mol. The van der Waals surface area contributed by atoms with Gasteiger partial charge in [0.05, 0.1) is 17.0 Å². The van der Waals surface area contributed by atoms with Gasteiger partial charge in [0.2, 0.25) is 0 Å². The molecule has 1 aromatic carbocycles. The Labute approximate surface area is 116 Å². The highest BCUT2D eigenvalue weighted by Crippen LogP contribution is 2.27. The first kappa shape index (κ1) is 13.6. The standard InChI is InChI=1S/C15H14ClNO2/c1-2-5-13-11(15(18)19)8-9-14(17-13)10-6-3-4-7-12(10)16/h3-4,6-9H,2,5H2,1H3,(H,18,19). The van der Waals surface area contributed by atoms with E-state index < -0.39 is 5.97 Å². The van der Waals surface area contributed by atoms with Crippen molar-refractivity contribution in [1.82, 2.24) is 4.98 Å². The molecule has 19 heavy (non-hydrogen) atoms. The molecule has 0 radical (unpaired) electrons. The smallest absolute Gasteiger partial charge is 0.337 e. The van der Waals surface area contributed by atoms with Crippen molar-refractivity contribution in [3.05, 3.63) is 52.7 Å². The molecule has 1 heterocycles. The molecule has 0 atom stereocenters. The lowest BCUT2D eigenvalue weighted by atomic mass is 10.1. The van der Waals surface area contributed by atoms with Crippen LogP contribution in [0.4, 0.5) is 0 Å². The molecule has 0 spiro atoms. The van der Waals surface area contributed by atoms with Gasteiger partial charge in [0.15, 0.2) is 0 Å². The number of aromatic nitrogens is 1. The first-order valence-corrected chi connectivity index (χ1v) is 6.49. The van der Waals surface area contributed by atoms with Gasteiger partial charge in [-0.1, -0.05) is 43.1 Å². The Balaban J connectivity index is 2.52. The number of carboxylic acid groups (broad SMARTS) is 1. The third-order valence-electron chi connectivity index (χ3n) is 2.84. The van der Waals surface area contributed by atoms with Crippen LogP contribution >= 0.6 is 11.6 Å². The molecule has 98 valence electrons. The number of carbonyl (C=O) groups is 1. The zero-order valence-electron chi connectivity index (χ0n) is 10.6. The van der Waals surface area contributed by atoms with Gasteiger partial charge in [-0.25, -0.2) is 4.79 Å². The molecule has 0 aliphatic rings. The van der Waals surface area contributed by atoms with E-state index in [-0.39, 0.29) is 5.56 Å². The van der Waals surface area contributed by atoms with Crippen LogP contribution in [0.15, 0.2) is 36.4 Å². The first-order chi connectivity index (χ1) is 9.13. The van der Waals surface area contributed by atoms with Crippen molar-refractivity contribution < 1.29 is 9.90 Å². The van der Waals surface area contributed by atoms with Crippen molar-refractivity contribution in [2.24, 2.45) is 0 Å². The quantitative estimate of drug-likeness (QED) is 0.916. The molecule has 0 bridgehead atoms. The summed E-state index contributed by atoms with van der Waals surface area (Å²) >= 11 is 6.13. The summed E-state index contributed by atoms with van der Waals surface area (Å²) in [4.78, 5) is 15.6. The Bertz CT molecular complexity index is 611. The molecule has 0 amide bonds. The number of rotatable bonds is 4. The maximum Gasteiger partial charge on any atom is 0.337 e. The zero-order chi connectivity index (χ0) is 13.8. The SMILES string of the molecule is CCCc1nc(-c2ccccc2Cl)ccc1C(=O)O. The third-order valence-corrected chi connectivity index (χ3v) is 3.17. The molecule has 1 N–H and O–H groups in total. The lowest BCUT2D eigenvalue weighted by Gasteiger charge is -2.08. The number of benzene rings is 1. The van der Waals surface area contributed by atoms with E-state index in [0.717, 1.165) is 12.0 Å². The second-order valence-electron chi connectivity index (χ2n) is 4.23. The molecule has 0 fully saturated rings. The number of carboxylic acids is 1. The molecule has 2 rings (SSSR count). The lowest BCUT2D eigenvalue weighted by Crippen LogP contribution is -2.05. The van der Waals surface area contributed by atoms with Crippen LogP contribution < -0.4 is 0 Å². The highest BCUT2D eigenvalue weighted by molar-refractivity contribution is 6.33. The summed E-state index contributed by atoms with van der Waals surface area (Å²) in [5, 5.41) is 9.75. The van der Waals surface area contributed by atoms with Crippen LogP contribution in [0.5, 0.6) is 0 Å². The van der Waals surface area contributed by atoms with Crippen molar-refractivity contribution in [2.45, 2.75) is 19.8 Å². The minimum atomic E-state index is -0.943. The number of hydrogen-bond acceptors (Lipinski definition) is 2. The van der Waals surface area contributed by atoms with E-state index in [4.69, 9.17) is 16.7 Å². The molecular weight excluding hydrogens is 262 g/mol. The Morgan fingerprint density at radius 2 is 2.00 bits per heavy atom. The van der Waals surface area contributed by atoms with Crippen molar-refractivity contribution >= 4 is 17.6 Å². The van der Waals surface area contributed by atoms with Gasteiger partial charge < -0.3 is 5.11 Å². The Morgan fingerprint density at radius 3 is 2.63 bits per heavy atom. The number of nitrogens with zero attached hydrogens (tertiary/aromatic N) is 1. The maximum atomic E-state index is 11.1. The van der Waals surface area contributed by atoms with E-state index in [2.05, 4.69) is 4.98 Å². The second kappa shape index (κ2) is 5.85. The van der Waals surface area contributed by atoms with Crippen LogP contribution in [-0.4, -0.2) is 16.1 Å². The van der Waals surface area contributed by atoms with E-state index in [0.29, 0.717) is 22.8 Å². The summed E-state index contributed by atoms with van der Waals surface area (Å²) in [5.74, 6) is -0.943. The average Bonchev–Trinajstić information content (AvgIpc) is 2.39. The van der Waals surface area contributed by atoms with Crippen LogP contribution in [0.3, 0.4) is 0 Å². The first-order valence-electron chi connectivity index (χ1n) is 6.11. The number of aryl methyl sites for hydroxylation is 1. The van der Waals surface area contributed by atoms with E-state index >= 15 is 0 Å². The summed E-state index contributed by atoms with van der Waals surface area (Å²) in [6, 6.07) is 10.7. The number of hydrogen-bond donors (Lipinski definition) is 1. The fraction of sp³-hybridized carbons (Fsp3) is 0.200. The summed E-state index contributed by atoms with van der Waals surface area (Å²) in [6.45, 7) is 2.00. The lowest BCUT2D eigenvalue weighted by molar-refractivity contribution is 0.0695. The fourth-order valence-electron chi connectivity index (χ4n) is 1.94. The van der Waals surface area contributed by atoms with Crippen molar-refractivity contribution in [3.63, 3.8) is 0 Å². The van der Waals surface area contributed by atoms with E-state index in [1.54, 1.807) is 18.2 Å². The third kappa shape index (κ3) is 2.93. The van der Waals surface area contributed by atoms with Gasteiger partial charge in [0.1, 0.15) is 0 Å². The molecule has 0 aliphatic heterocycles. The Kier molecular flexibility index (Phi) is 4.17. The number of halogens is 1. The molecule has 4 heteroatoms. The van der Waals surface area contributed by atoms with Gasteiger partial charge in [0.25, 0.3) is 0 Å². The molecule has 1 aromatic heterocycles. The van der Waals surface area contributed by atoms with E-state index in [9.17, 15) is 4.79 Å². The summed E-state index contributed by atoms with van der Waals surface area (Å²) in [6.07, 6.45) is 1.49. The van der Waals surface area contributed by atoms with Gasteiger partial charge >= 0.3 is 5.97 Å². The van der Waals surface area contributed by atoms with Gasteiger partial charge in [-0.3, -0.25) is 4.98 Å². The minimum absolute atomic E-state index is 0.262. The number of aromatic carboxylic acids is 1. The normalized spacial score (nSPS) is 10.4. The van der Waals surface area contributed by atoms with Crippen LogP contribution in [0.1, 0.15) is 29.4 Å². The van der Waals surface area contributed by atoms with Crippen molar-refractivity contribution in [2.75, 3.05) is 0 Å². The van der Waals surface area contributed by atoms with Crippen molar-refractivity contribution in [1.29, 1.82) is 0 Å². The van der Waals surface area contributed by atoms with Gasteiger partial charge in [-0.15, -0.1) is 0 Å². The fourth-order valence-corrected chi connectivity index (χ4v) is 2.17. The predicted molar refractivity (Wildman–Crippen MR) is 75.6 cm³/mol. The van der Waals surface area contributed by atoms with Crippen molar-refractivity contribution in [3.8, 4) is 11.3 Å². The minimum Gasteiger partial charge on any atom is -0.478 e. The van der Waals surface area contributed by atoms with Crippen LogP contribution in [0, 0.1) is 0 Å². The molecule has 0 saturated heterocycles. The molecule has 3 nitrogen and oxygen atoms in total. The van der Waals surface area contributed by atoms with E-state index in [1.807, 2.05) is 25.1 Å². The topological polar surface area (TPSA) is 50.2 Å². The van der Waals surface area contributed by atoms with Crippen LogP contribution in [0.2, 0.25) is 5.02 Å². The largest absolute Gasteiger partial charge is 0.478 e. The zero-order valence-corrected chi connectivity index (χ0v) is 11.3. The molecule has 0 aliphatic carbocycles. The van der Waals surface area contributed by atoms with Gasteiger partial charge in [0, 0.05) is 10.6 Å². The predicted octanol–water partition coefficient (Wildman–Crippen LogP) is 4.05. The molecule has 0 unspecified atom stereocenters. The van der Waals surface area contributed by atoms with Gasteiger partial charge in [-0.2, -0.15) is 0 Å². The number of pyridine rings is 1. The average molecular weight is 276 g/mol. The second-order valence-corrected chi connectivity index (χ2v) is 4.63. The van der Waals surface area contributed by atoms with E-state index in [1.165, 1.54) is 0 Å². The van der Waals surface area contributed by atoms with Crippen LogP contribution in [0.25, 0.3) is 11.3 Å². The summed E-state index contributed by atoms with van der Waals surface area (Å²) in [5.41, 5.74) is 2.39. The maximum absolute atomic E-state index is 11.1. The Hall–Kier alpha value is -1.87. The van der Waals surface area contributed by atoms with Gasteiger partial charge in [-0.05, 0) is 24.6 Å². The molecule has 0 saturated carbocycles. The highest BCUT2D eigenvalue weighted by atomic mass is 35.5. The highest BCUT2D eigenvalue weighted by Gasteiger charge is 2.13. The van der Waals surface area contributed by atoms with Crippen LogP contribution in [-0.2, 0) is 6.42 Å². The molecule has 2 aromatic rings.